The van der Waals surface area contributed by atoms with Crippen LogP contribution in [0.3, 0.4) is 0 Å². The van der Waals surface area contributed by atoms with Crippen molar-refractivity contribution >= 4 is 12.0 Å². The summed E-state index contributed by atoms with van der Waals surface area (Å²) in [6.07, 6.45) is 0.367. The number of rotatable bonds is 6. The van der Waals surface area contributed by atoms with E-state index in [1.165, 1.54) is 4.90 Å². The molecule has 0 aliphatic rings. The van der Waals surface area contributed by atoms with Crippen LogP contribution in [-0.4, -0.2) is 41.1 Å². The highest BCUT2D eigenvalue weighted by Gasteiger charge is 2.20. The zero-order chi connectivity index (χ0) is 12.7. The number of hydrogen-bond acceptors (Lipinski definition) is 2. The molecule has 1 atom stereocenters. The summed E-state index contributed by atoms with van der Waals surface area (Å²) in [6, 6.07) is -1.19. The van der Waals surface area contributed by atoms with Gasteiger partial charge in [-0.2, -0.15) is 0 Å². The molecular formula is C11H20N2O3. The topological polar surface area (TPSA) is 69.6 Å². The van der Waals surface area contributed by atoms with E-state index in [4.69, 9.17) is 5.11 Å². The Morgan fingerprint density at radius 2 is 2.00 bits per heavy atom. The van der Waals surface area contributed by atoms with E-state index >= 15 is 0 Å². The second-order valence-electron chi connectivity index (χ2n) is 3.72. The van der Waals surface area contributed by atoms with Gasteiger partial charge in [-0.1, -0.05) is 19.1 Å². The zero-order valence-corrected chi connectivity index (χ0v) is 10.1. The Labute approximate surface area is 96.1 Å². The average Bonchev–Trinajstić information content (AvgIpc) is 2.21. The summed E-state index contributed by atoms with van der Waals surface area (Å²) in [6.45, 7) is 10.1. The van der Waals surface area contributed by atoms with Gasteiger partial charge in [-0.15, -0.1) is 0 Å². The third-order valence-electron chi connectivity index (χ3n) is 2.13. The lowest BCUT2D eigenvalue weighted by Crippen LogP contribution is -2.48. The van der Waals surface area contributed by atoms with Crippen molar-refractivity contribution in [2.24, 2.45) is 0 Å². The molecule has 0 aliphatic carbocycles. The van der Waals surface area contributed by atoms with E-state index in [0.29, 0.717) is 19.5 Å². The van der Waals surface area contributed by atoms with Crippen LogP contribution in [0.15, 0.2) is 12.2 Å². The number of nitrogens with zero attached hydrogens (tertiary/aromatic N) is 1. The second-order valence-corrected chi connectivity index (χ2v) is 3.72. The van der Waals surface area contributed by atoms with Gasteiger partial charge in [-0.25, -0.2) is 9.59 Å². The lowest BCUT2D eigenvalue weighted by Gasteiger charge is -2.23. The fourth-order valence-electron chi connectivity index (χ4n) is 1.23. The molecule has 92 valence electrons. The summed E-state index contributed by atoms with van der Waals surface area (Å²) >= 11 is 0. The summed E-state index contributed by atoms with van der Waals surface area (Å²) in [5.74, 6) is -1.01. The van der Waals surface area contributed by atoms with Gasteiger partial charge in [0, 0.05) is 13.1 Å². The fraction of sp³-hybridized carbons (Fsp3) is 0.636. The van der Waals surface area contributed by atoms with Crippen molar-refractivity contribution < 1.29 is 14.7 Å². The van der Waals surface area contributed by atoms with Crippen LogP contribution in [0.25, 0.3) is 0 Å². The van der Waals surface area contributed by atoms with E-state index < -0.39 is 12.0 Å². The molecule has 0 saturated heterocycles. The van der Waals surface area contributed by atoms with Crippen LogP contribution >= 0.6 is 0 Å². The fourth-order valence-corrected chi connectivity index (χ4v) is 1.23. The summed E-state index contributed by atoms with van der Waals surface area (Å²) in [7, 11) is 0. The van der Waals surface area contributed by atoms with Crippen molar-refractivity contribution in [2.75, 3.05) is 13.1 Å². The smallest absolute Gasteiger partial charge is 0.326 e. The first-order valence-corrected chi connectivity index (χ1v) is 5.34. The Hall–Kier alpha value is -1.52. The predicted molar refractivity (Wildman–Crippen MR) is 62.3 cm³/mol. The molecular weight excluding hydrogens is 208 g/mol. The molecule has 0 aliphatic heterocycles. The molecule has 16 heavy (non-hydrogen) atoms. The second kappa shape index (κ2) is 6.87. The molecule has 0 aromatic heterocycles. The molecule has 0 radical (unpaired) electrons. The number of carbonyl (C=O) groups excluding carboxylic acids is 1. The Bertz CT molecular complexity index is 276. The third-order valence-corrected chi connectivity index (χ3v) is 2.13. The molecule has 0 fully saturated rings. The Balaban J connectivity index is 4.40. The Morgan fingerprint density at radius 3 is 2.31 bits per heavy atom. The quantitative estimate of drug-likeness (QED) is 0.676. The zero-order valence-electron chi connectivity index (χ0n) is 10.1. The standard InChI is InChI=1S/C11H20N2O3/c1-5-9(10(14)15)12-11(16)13(6-2)7-8(3)4/h9H,3,5-7H2,1-2,4H3,(H,12,16)(H,14,15). The maximum atomic E-state index is 11.7. The summed E-state index contributed by atoms with van der Waals surface area (Å²) in [5, 5.41) is 11.3. The van der Waals surface area contributed by atoms with E-state index in [0.717, 1.165) is 5.57 Å². The van der Waals surface area contributed by atoms with E-state index in [2.05, 4.69) is 11.9 Å². The van der Waals surface area contributed by atoms with E-state index in [1.807, 2.05) is 13.8 Å². The molecule has 5 nitrogen and oxygen atoms in total. The number of carboxylic acid groups (broad SMARTS) is 1. The minimum atomic E-state index is -1.01. The number of nitrogens with one attached hydrogen (secondary N) is 1. The number of hydrogen-bond donors (Lipinski definition) is 2. The number of aliphatic carboxylic acids is 1. The summed E-state index contributed by atoms with van der Waals surface area (Å²) < 4.78 is 0. The SMILES string of the molecule is C=C(C)CN(CC)C(=O)NC(CC)C(=O)O. The van der Waals surface area contributed by atoms with Crippen LogP contribution in [0.4, 0.5) is 4.79 Å². The van der Waals surface area contributed by atoms with Crippen LogP contribution in [0.5, 0.6) is 0 Å². The molecule has 0 heterocycles. The lowest BCUT2D eigenvalue weighted by molar-refractivity contribution is -0.139. The molecule has 1 unspecified atom stereocenters. The van der Waals surface area contributed by atoms with Gasteiger partial charge in [0.2, 0.25) is 0 Å². The van der Waals surface area contributed by atoms with Crippen molar-refractivity contribution in [3.8, 4) is 0 Å². The monoisotopic (exact) mass is 228 g/mol. The Kier molecular flexibility index (Phi) is 6.22. The maximum absolute atomic E-state index is 11.7. The summed E-state index contributed by atoms with van der Waals surface area (Å²) in [4.78, 5) is 24.0. The number of carbonyl (C=O) groups is 2. The summed E-state index contributed by atoms with van der Waals surface area (Å²) in [5.41, 5.74) is 0.861. The van der Waals surface area contributed by atoms with Crippen molar-refractivity contribution in [2.45, 2.75) is 33.2 Å². The minimum absolute atomic E-state index is 0.361. The molecule has 2 N–H and O–H groups in total. The van der Waals surface area contributed by atoms with Crippen molar-refractivity contribution in [1.82, 2.24) is 10.2 Å². The van der Waals surface area contributed by atoms with E-state index in [-0.39, 0.29) is 6.03 Å². The van der Waals surface area contributed by atoms with Crippen LogP contribution in [0.2, 0.25) is 0 Å². The molecule has 2 amide bonds. The highest BCUT2D eigenvalue weighted by Crippen LogP contribution is 1.99. The molecule has 0 rings (SSSR count). The largest absolute Gasteiger partial charge is 0.480 e. The first-order valence-electron chi connectivity index (χ1n) is 5.34. The van der Waals surface area contributed by atoms with E-state index in [9.17, 15) is 9.59 Å². The van der Waals surface area contributed by atoms with Gasteiger partial charge in [-0.05, 0) is 20.3 Å². The molecule has 0 bridgehead atoms. The van der Waals surface area contributed by atoms with Crippen LogP contribution in [0.1, 0.15) is 27.2 Å². The normalized spacial score (nSPS) is 11.7. The Morgan fingerprint density at radius 1 is 1.44 bits per heavy atom. The molecule has 5 heteroatoms. The van der Waals surface area contributed by atoms with Gasteiger partial charge >= 0.3 is 12.0 Å². The molecule has 0 saturated carbocycles. The van der Waals surface area contributed by atoms with Crippen LogP contribution in [0, 0.1) is 0 Å². The molecule has 0 aromatic rings. The van der Waals surface area contributed by atoms with Crippen molar-refractivity contribution in [1.29, 1.82) is 0 Å². The van der Waals surface area contributed by atoms with Gasteiger partial charge in [0.15, 0.2) is 0 Å². The van der Waals surface area contributed by atoms with Gasteiger partial charge < -0.3 is 15.3 Å². The van der Waals surface area contributed by atoms with Crippen molar-refractivity contribution in [3.05, 3.63) is 12.2 Å². The van der Waals surface area contributed by atoms with Crippen LogP contribution in [-0.2, 0) is 4.79 Å². The maximum Gasteiger partial charge on any atom is 0.326 e. The third kappa shape index (κ3) is 4.82. The number of carboxylic acids is 1. The van der Waals surface area contributed by atoms with Gasteiger partial charge in [-0.3, -0.25) is 0 Å². The first-order chi connectivity index (χ1) is 7.42. The van der Waals surface area contributed by atoms with E-state index in [1.54, 1.807) is 6.92 Å². The lowest BCUT2D eigenvalue weighted by atomic mass is 10.2. The number of urea groups is 1. The highest BCUT2D eigenvalue weighted by molar-refractivity contribution is 5.82. The number of amides is 2. The highest BCUT2D eigenvalue weighted by atomic mass is 16.4. The number of likely N-dealkylation sites (N-methyl/N-ethyl adjacent to an activating group) is 1. The average molecular weight is 228 g/mol. The molecule has 0 spiro atoms. The van der Waals surface area contributed by atoms with Gasteiger partial charge in [0.05, 0.1) is 0 Å². The van der Waals surface area contributed by atoms with Crippen LogP contribution < -0.4 is 5.32 Å². The van der Waals surface area contributed by atoms with Crippen molar-refractivity contribution in [3.63, 3.8) is 0 Å². The first kappa shape index (κ1) is 14.5. The van der Waals surface area contributed by atoms with Gasteiger partial charge in [0.25, 0.3) is 0 Å². The molecule has 0 aromatic carbocycles. The minimum Gasteiger partial charge on any atom is -0.480 e. The van der Waals surface area contributed by atoms with Gasteiger partial charge in [0.1, 0.15) is 6.04 Å². The predicted octanol–water partition coefficient (Wildman–Crippen LogP) is 1.46.